The van der Waals surface area contributed by atoms with Gasteiger partial charge in [-0.05, 0) is 31.0 Å². The van der Waals surface area contributed by atoms with E-state index in [1.165, 1.54) is 0 Å². The molecule has 3 nitrogen and oxygen atoms in total. The molecule has 0 aliphatic rings. The molecule has 0 spiro atoms. The van der Waals surface area contributed by atoms with E-state index < -0.39 is 0 Å². The van der Waals surface area contributed by atoms with Gasteiger partial charge in [-0.25, -0.2) is 0 Å². The van der Waals surface area contributed by atoms with Crippen LogP contribution in [-0.2, 0) is 0 Å². The Labute approximate surface area is 97.5 Å². The van der Waals surface area contributed by atoms with Crippen molar-refractivity contribution in [3.63, 3.8) is 0 Å². The van der Waals surface area contributed by atoms with Crippen molar-refractivity contribution >= 4 is 11.4 Å². The van der Waals surface area contributed by atoms with Gasteiger partial charge in [-0.1, -0.05) is 13.8 Å². The highest BCUT2D eigenvalue weighted by Gasteiger charge is 2.12. The fraction of sp³-hybridized carbons (Fsp3) is 0.462. The molecule has 0 amide bonds. The third-order valence-corrected chi connectivity index (χ3v) is 3.05. The fourth-order valence-electron chi connectivity index (χ4n) is 1.91. The number of nitrogens with two attached hydrogens (primary N) is 1. The van der Waals surface area contributed by atoms with Crippen LogP contribution in [0.4, 0.5) is 11.4 Å². The molecule has 0 bridgehead atoms. The van der Waals surface area contributed by atoms with Crippen LogP contribution in [0.5, 0.6) is 0 Å². The molecule has 0 saturated carbocycles. The summed E-state index contributed by atoms with van der Waals surface area (Å²) in [4.78, 5) is 2.21. The lowest BCUT2D eigenvalue weighted by Crippen LogP contribution is -2.30. The summed E-state index contributed by atoms with van der Waals surface area (Å²) < 4.78 is 0. The SMILES string of the molecule is CCC(CC)N(C)c1ccc(N)c(C#N)c1. The van der Waals surface area contributed by atoms with Crippen molar-refractivity contribution in [3.8, 4) is 6.07 Å². The van der Waals surface area contributed by atoms with Gasteiger partial charge in [0.2, 0.25) is 0 Å². The molecule has 0 radical (unpaired) electrons. The van der Waals surface area contributed by atoms with Crippen molar-refractivity contribution in [2.45, 2.75) is 32.7 Å². The lowest BCUT2D eigenvalue weighted by molar-refractivity contribution is 0.591. The van der Waals surface area contributed by atoms with Gasteiger partial charge >= 0.3 is 0 Å². The third kappa shape index (κ3) is 2.46. The molecule has 2 N–H and O–H groups in total. The molecule has 0 fully saturated rings. The minimum absolute atomic E-state index is 0.509. The summed E-state index contributed by atoms with van der Waals surface area (Å²) in [5.41, 5.74) is 7.85. The Morgan fingerprint density at radius 2 is 2.00 bits per heavy atom. The zero-order chi connectivity index (χ0) is 12.1. The molecule has 3 heteroatoms. The van der Waals surface area contributed by atoms with Crippen LogP contribution in [0.1, 0.15) is 32.3 Å². The Hall–Kier alpha value is -1.69. The first-order valence-electron chi connectivity index (χ1n) is 5.66. The first-order chi connectivity index (χ1) is 7.63. The zero-order valence-electron chi connectivity index (χ0n) is 10.2. The van der Waals surface area contributed by atoms with Crippen molar-refractivity contribution in [2.24, 2.45) is 0 Å². The molecule has 0 saturated heterocycles. The molecule has 16 heavy (non-hydrogen) atoms. The molecule has 0 aliphatic carbocycles. The predicted octanol–water partition coefficient (Wildman–Crippen LogP) is 2.77. The topological polar surface area (TPSA) is 53.0 Å². The Bertz CT molecular complexity index is 389. The van der Waals surface area contributed by atoms with Crippen molar-refractivity contribution in [1.82, 2.24) is 0 Å². The van der Waals surface area contributed by atoms with Crippen molar-refractivity contribution in [1.29, 1.82) is 5.26 Å². The largest absolute Gasteiger partial charge is 0.398 e. The first-order valence-corrected chi connectivity index (χ1v) is 5.66. The average Bonchev–Trinajstić information content (AvgIpc) is 2.31. The van der Waals surface area contributed by atoms with Gasteiger partial charge in [0.1, 0.15) is 6.07 Å². The summed E-state index contributed by atoms with van der Waals surface area (Å²) in [7, 11) is 2.06. The van der Waals surface area contributed by atoms with Crippen LogP contribution in [0.3, 0.4) is 0 Å². The number of hydrogen-bond acceptors (Lipinski definition) is 3. The van der Waals surface area contributed by atoms with Crippen LogP contribution in [-0.4, -0.2) is 13.1 Å². The number of anilines is 2. The zero-order valence-corrected chi connectivity index (χ0v) is 10.2. The second kappa shape index (κ2) is 5.41. The highest BCUT2D eigenvalue weighted by molar-refractivity contribution is 5.62. The number of nitrogen functional groups attached to an aromatic ring is 1. The molecule has 1 aromatic carbocycles. The van der Waals surface area contributed by atoms with Crippen LogP contribution in [0.15, 0.2) is 18.2 Å². The van der Waals surface area contributed by atoms with Gasteiger partial charge in [-0.3, -0.25) is 0 Å². The highest BCUT2D eigenvalue weighted by atomic mass is 15.1. The quantitative estimate of drug-likeness (QED) is 0.789. The Morgan fingerprint density at radius 3 is 2.50 bits per heavy atom. The maximum atomic E-state index is 8.93. The highest BCUT2D eigenvalue weighted by Crippen LogP contribution is 2.23. The summed E-state index contributed by atoms with van der Waals surface area (Å²) in [6.07, 6.45) is 2.19. The first kappa shape index (κ1) is 12.4. The van der Waals surface area contributed by atoms with E-state index in [1.54, 1.807) is 6.07 Å². The molecule has 1 aromatic rings. The standard InChI is InChI=1S/C13H19N3/c1-4-11(5-2)16(3)12-6-7-13(15)10(8-12)9-14/h6-8,11H,4-5,15H2,1-3H3. The molecule has 0 aliphatic heterocycles. The maximum Gasteiger partial charge on any atom is 0.101 e. The van der Waals surface area contributed by atoms with E-state index in [-0.39, 0.29) is 0 Å². The summed E-state index contributed by atoms with van der Waals surface area (Å²) in [6.45, 7) is 4.35. The predicted molar refractivity (Wildman–Crippen MR) is 68.3 cm³/mol. The summed E-state index contributed by atoms with van der Waals surface area (Å²) >= 11 is 0. The number of nitrogens with zero attached hydrogens (tertiary/aromatic N) is 2. The van der Waals surface area contributed by atoms with Crippen LogP contribution in [0, 0.1) is 11.3 Å². The van der Waals surface area contributed by atoms with E-state index in [0.29, 0.717) is 17.3 Å². The van der Waals surface area contributed by atoms with Gasteiger partial charge in [0, 0.05) is 24.5 Å². The molecule has 0 atom stereocenters. The van der Waals surface area contributed by atoms with Crippen molar-refractivity contribution in [2.75, 3.05) is 17.7 Å². The second-order valence-electron chi connectivity index (χ2n) is 3.96. The Kier molecular flexibility index (Phi) is 4.19. The maximum absolute atomic E-state index is 8.93. The van der Waals surface area contributed by atoms with Crippen LogP contribution in [0.25, 0.3) is 0 Å². The number of rotatable bonds is 4. The van der Waals surface area contributed by atoms with Gasteiger partial charge in [-0.2, -0.15) is 5.26 Å². The molecular weight excluding hydrogens is 198 g/mol. The molecule has 0 aromatic heterocycles. The van der Waals surface area contributed by atoms with Gasteiger partial charge < -0.3 is 10.6 Å². The van der Waals surface area contributed by atoms with E-state index in [0.717, 1.165) is 18.5 Å². The Morgan fingerprint density at radius 1 is 1.38 bits per heavy atom. The minimum atomic E-state index is 0.509. The lowest BCUT2D eigenvalue weighted by atomic mass is 10.1. The van der Waals surface area contributed by atoms with Gasteiger partial charge in [0.05, 0.1) is 5.56 Å². The van der Waals surface area contributed by atoms with Gasteiger partial charge in [-0.15, -0.1) is 0 Å². The monoisotopic (exact) mass is 217 g/mol. The van der Waals surface area contributed by atoms with Crippen LogP contribution in [0.2, 0.25) is 0 Å². The third-order valence-electron chi connectivity index (χ3n) is 3.05. The lowest BCUT2D eigenvalue weighted by Gasteiger charge is -2.28. The fourth-order valence-corrected chi connectivity index (χ4v) is 1.91. The van der Waals surface area contributed by atoms with Crippen LogP contribution >= 0.6 is 0 Å². The van der Waals surface area contributed by atoms with Gasteiger partial charge in [0.15, 0.2) is 0 Å². The van der Waals surface area contributed by atoms with E-state index in [4.69, 9.17) is 11.0 Å². The normalized spacial score (nSPS) is 10.2. The molecule has 0 heterocycles. The average molecular weight is 217 g/mol. The van der Waals surface area contributed by atoms with Crippen molar-refractivity contribution < 1.29 is 0 Å². The molecule has 0 unspecified atom stereocenters. The number of nitriles is 1. The van der Waals surface area contributed by atoms with E-state index >= 15 is 0 Å². The van der Waals surface area contributed by atoms with Gasteiger partial charge in [0.25, 0.3) is 0 Å². The molecule has 86 valence electrons. The number of hydrogen-bond donors (Lipinski definition) is 1. The van der Waals surface area contributed by atoms with Crippen molar-refractivity contribution in [3.05, 3.63) is 23.8 Å². The van der Waals surface area contributed by atoms with E-state index in [9.17, 15) is 0 Å². The summed E-state index contributed by atoms with van der Waals surface area (Å²) in [6, 6.07) is 8.24. The smallest absolute Gasteiger partial charge is 0.101 e. The second-order valence-corrected chi connectivity index (χ2v) is 3.96. The van der Waals surface area contributed by atoms with E-state index in [2.05, 4.69) is 31.9 Å². The Balaban J connectivity index is 3.01. The molecule has 1 rings (SSSR count). The van der Waals surface area contributed by atoms with E-state index in [1.807, 2.05) is 12.1 Å². The number of benzene rings is 1. The molecular formula is C13H19N3. The summed E-state index contributed by atoms with van der Waals surface area (Å²) in [5.74, 6) is 0. The van der Waals surface area contributed by atoms with Crippen LogP contribution < -0.4 is 10.6 Å². The summed E-state index contributed by atoms with van der Waals surface area (Å²) in [5, 5.41) is 8.93. The minimum Gasteiger partial charge on any atom is -0.398 e.